The van der Waals surface area contributed by atoms with Crippen LogP contribution in [0.4, 0.5) is 0 Å². The summed E-state index contributed by atoms with van der Waals surface area (Å²) in [5.41, 5.74) is -0.130. The van der Waals surface area contributed by atoms with Crippen LogP contribution in [-0.2, 0) is 10.0 Å². The lowest BCUT2D eigenvalue weighted by Crippen LogP contribution is -2.63. The fourth-order valence-electron chi connectivity index (χ4n) is 1.98. The fourth-order valence-corrected chi connectivity index (χ4v) is 3.34. The average Bonchev–Trinajstić information content (AvgIpc) is 2.00. The first-order valence-electron chi connectivity index (χ1n) is 5.35. The summed E-state index contributed by atoms with van der Waals surface area (Å²) in [7, 11) is -3.10. The van der Waals surface area contributed by atoms with Crippen LogP contribution in [0.1, 0.15) is 27.7 Å². The van der Waals surface area contributed by atoms with Gasteiger partial charge in [-0.1, -0.05) is 13.8 Å². The van der Waals surface area contributed by atoms with E-state index in [1.54, 1.807) is 4.31 Å². The molecule has 15 heavy (non-hydrogen) atoms. The number of piperazine rings is 1. The predicted molar refractivity (Wildman–Crippen MR) is 62.3 cm³/mol. The van der Waals surface area contributed by atoms with Crippen molar-refractivity contribution in [2.45, 2.75) is 39.3 Å². The van der Waals surface area contributed by atoms with E-state index in [2.05, 4.69) is 19.2 Å². The number of sulfonamides is 1. The summed E-state index contributed by atoms with van der Waals surface area (Å²) in [6.45, 7) is 9.46. The molecule has 1 N–H and O–H groups in total. The number of nitrogens with one attached hydrogen (secondary N) is 1. The molecule has 1 aliphatic heterocycles. The molecule has 1 unspecified atom stereocenters. The third-order valence-electron chi connectivity index (χ3n) is 2.91. The van der Waals surface area contributed by atoms with Crippen molar-refractivity contribution in [2.24, 2.45) is 5.92 Å². The van der Waals surface area contributed by atoms with Gasteiger partial charge in [-0.15, -0.1) is 0 Å². The zero-order valence-electron chi connectivity index (χ0n) is 10.2. The van der Waals surface area contributed by atoms with Crippen molar-refractivity contribution in [1.82, 2.24) is 9.62 Å². The van der Waals surface area contributed by atoms with E-state index in [4.69, 9.17) is 0 Å². The maximum Gasteiger partial charge on any atom is 0.211 e. The summed E-state index contributed by atoms with van der Waals surface area (Å²) in [5, 5.41) is 3.39. The molecule has 0 amide bonds. The van der Waals surface area contributed by atoms with Crippen molar-refractivity contribution >= 4 is 10.0 Å². The molecule has 4 nitrogen and oxygen atoms in total. The van der Waals surface area contributed by atoms with Crippen LogP contribution in [0.3, 0.4) is 0 Å². The molecule has 0 aromatic carbocycles. The number of nitrogens with zero attached hydrogens (tertiary/aromatic N) is 1. The summed E-state index contributed by atoms with van der Waals surface area (Å²) in [6, 6.07) is 0.0769. The Kier molecular flexibility index (Phi) is 3.48. The summed E-state index contributed by atoms with van der Waals surface area (Å²) >= 11 is 0. The van der Waals surface area contributed by atoms with Gasteiger partial charge in [-0.05, 0) is 19.8 Å². The average molecular weight is 234 g/mol. The molecule has 1 atom stereocenters. The van der Waals surface area contributed by atoms with E-state index >= 15 is 0 Å². The Hall–Kier alpha value is -0.130. The highest BCUT2D eigenvalue weighted by molar-refractivity contribution is 7.88. The number of hydrogen-bond donors (Lipinski definition) is 1. The maximum atomic E-state index is 11.7. The second-order valence-electron chi connectivity index (χ2n) is 5.38. The topological polar surface area (TPSA) is 49.4 Å². The van der Waals surface area contributed by atoms with Crippen LogP contribution in [0.25, 0.3) is 0 Å². The lowest BCUT2D eigenvalue weighted by atomic mass is 9.96. The second kappa shape index (κ2) is 4.03. The standard InChI is InChI=1S/C10H22N2O2S/c1-8(2)9-6-11-10(3,4)7-12(9)15(5,13)14/h8-9,11H,6-7H2,1-5H3. The maximum absolute atomic E-state index is 11.7. The molecular weight excluding hydrogens is 212 g/mol. The lowest BCUT2D eigenvalue weighted by Gasteiger charge is -2.44. The van der Waals surface area contributed by atoms with Gasteiger partial charge in [0.1, 0.15) is 0 Å². The van der Waals surface area contributed by atoms with Crippen molar-refractivity contribution in [3.63, 3.8) is 0 Å². The Morgan fingerprint density at radius 3 is 2.33 bits per heavy atom. The molecule has 0 aromatic rings. The van der Waals surface area contributed by atoms with Gasteiger partial charge in [-0.3, -0.25) is 0 Å². The third kappa shape index (κ3) is 3.16. The molecule has 1 fully saturated rings. The first-order valence-corrected chi connectivity index (χ1v) is 7.20. The second-order valence-corrected chi connectivity index (χ2v) is 7.32. The minimum atomic E-state index is -3.10. The van der Waals surface area contributed by atoms with E-state index in [9.17, 15) is 8.42 Å². The third-order valence-corrected chi connectivity index (χ3v) is 4.16. The van der Waals surface area contributed by atoms with Gasteiger partial charge >= 0.3 is 0 Å². The highest BCUT2D eigenvalue weighted by atomic mass is 32.2. The van der Waals surface area contributed by atoms with E-state index in [1.807, 2.05) is 13.8 Å². The van der Waals surface area contributed by atoms with Crippen LogP contribution in [0.2, 0.25) is 0 Å². The molecule has 0 aliphatic carbocycles. The smallest absolute Gasteiger partial charge is 0.211 e. The zero-order chi connectivity index (χ0) is 11.9. The Morgan fingerprint density at radius 2 is 1.93 bits per heavy atom. The molecule has 0 aromatic heterocycles. The highest BCUT2D eigenvalue weighted by Crippen LogP contribution is 2.22. The molecule has 0 saturated carbocycles. The van der Waals surface area contributed by atoms with Crippen molar-refractivity contribution in [3.05, 3.63) is 0 Å². The Morgan fingerprint density at radius 1 is 1.40 bits per heavy atom. The van der Waals surface area contributed by atoms with Gasteiger partial charge in [0.25, 0.3) is 0 Å². The minimum absolute atomic E-state index is 0.0769. The van der Waals surface area contributed by atoms with Crippen LogP contribution in [-0.4, -0.2) is 43.6 Å². The van der Waals surface area contributed by atoms with Crippen LogP contribution in [0, 0.1) is 5.92 Å². The Bertz CT molecular complexity index is 322. The zero-order valence-corrected chi connectivity index (χ0v) is 11.1. The van der Waals surface area contributed by atoms with Gasteiger partial charge in [-0.25, -0.2) is 8.42 Å². The van der Waals surface area contributed by atoms with E-state index in [-0.39, 0.29) is 11.6 Å². The van der Waals surface area contributed by atoms with Crippen molar-refractivity contribution in [1.29, 1.82) is 0 Å². The Balaban J connectivity index is 2.94. The van der Waals surface area contributed by atoms with Crippen LogP contribution >= 0.6 is 0 Å². The summed E-state index contributed by atoms with van der Waals surface area (Å²) in [6.07, 6.45) is 1.30. The quantitative estimate of drug-likeness (QED) is 0.763. The number of rotatable bonds is 2. The monoisotopic (exact) mass is 234 g/mol. The van der Waals surface area contributed by atoms with Gasteiger partial charge in [0.2, 0.25) is 10.0 Å². The molecule has 1 saturated heterocycles. The summed E-state index contributed by atoms with van der Waals surface area (Å²) < 4.78 is 25.0. The van der Waals surface area contributed by atoms with Crippen molar-refractivity contribution in [3.8, 4) is 0 Å². The van der Waals surface area contributed by atoms with E-state index in [1.165, 1.54) is 6.26 Å². The summed E-state index contributed by atoms with van der Waals surface area (Å²) in [5.74, 6) is 0.336. The SMILES string of the molecule is CC(C)C1CNC(C)(C)CN1S(C)(=O)=O. The van der Waals surface area contributed by atoms with E-state index in [0.717, 1.165) is 6.54 Å². The fraction of sp³-hybridized carbons (Fsp3) is 1.00. The molecule has 1 aliphatic rings. The predicted octanol–water partition coefficient (Wildman–Crippen LogP) is 0.654. The van der Waals surface area contributed by atoms with Gasteiger partial charge in [0.15, 0.2) is 0 Å². The minimum Gasteiger partial charge on any atom is -0.309 e. The van der Waals surface area contributed by atoms with E-state index < -0.39 is 10.0 Å². The van der Waals surface area contributed by atoms with Gasteiger partial charge in [-0.2, -0.15) is 4.31 Å². The van der Waals surface area contributed by atoms with Crippen molar-refractivity contribution in [2.75, 3.05) is 19.3 Å². The summed E-state index contributed by atoms with van der Waals surface area (Å²) in [4.78, 5) is 0. The van der Waals surface area contributed by atoms with Crippen LogP contribution < -0.4 is 5.32 Å². The first-order chi connectivity index (χ1) is 6.63. The normalized spacial score (nSPS) is 28.3. The molecule has 0 bridgehead atoms. The molecule has 5 heteroatoms. The van der Waals surface area contributed by atoms with Crippen LogP contribution in [0.5, 0.6) is 0 Å². The molecule has 1 rings (SSSR count). The Labute approximate surface area is 93.1 Å². The van der Waals surface area contributed by atoms with Crippen molar-refractivity contribution < 1.29 is 8.42 Å². The molecule has 1 heterocycles. The van der Waals surface area contributed by atoms with E-state index in [0.29, 0.717) is 12.5 Å². The van der Waals surface area contributed by atoms with Gasteiger partial charge in [0.05, 0.1) is 6.26 Å². The largest absolute Gasteiger partial charge is 0.309 e. The van der Waals surface area contributed by atoms with Gasteiger partial charge in [0, 0.05) is 24.7 Å². The number of hydrogen-bond acceptors (Lipinski definition) is 3. The molecule has 0 radical (unpaired) electrons. The van der Waals surface area contributed by atoms with Crippen LogP contribution in [0.15, 0.2) is 0 Å². The lowest BCUT2D eigenvalue weighted by molar-refractivity contribution is 0.144. The molecule has 90 valence electrons. The first kappa shape index (κ1) is 12.9. The van der Waals surface area contributed by atoms with Gasteiger partial charge < -0.3 is 5.32 Å². The highest BCUT2D eigenvalue weighted by Gasteiger charge is 2.38. The molecule has 0 spiro atoms. The molecular formula is C10H22N2O2S.